The Kier molecular flexibility index (Phi) is 13.8. The van der Waals surface area contributed by atoms with Crippen LogP contribution in [0.2, 0.25) is 0 Å². The lowest BCUT2D eigenvalue weighted by atomic mass is 10.0. The van der Waals surface area contributed by atoms with Crippen molar-refractivity contribution in [2.24, 2.45) is 0 Å². The Morgan fingerprint density at radius 2 is 0.800 bits per heavy atom. The first-order valence-corrected chi connectivity index (χ1v) is 9.63. The van der Waals surface area contributed by atoms with Crippen molar-refractivity contribution in [3.05, 3.63) is 96.1 Å². The van der Waals surface area contributed by atoms with Gasteiger partial charge in [-0.05, 0) is 28.7 Å². The second-order valence-electron chi connectivity index (χ2n) is 4.62. The minimum Gasteiger partial charge on any atom is -0.0728 e. The van der Waals surface area contributed by atoms with Gasteiger partial charge in [-0.25, -0.2) is 0 Å². The molecular formula is C25H34. The maximum absolute atomic E-state index is 2.28. The zero-order chi connectivity index (χ0) is 18.9. The summed E-state index contributed by atoms with van der Waals surface area (Å²) in [6, 6.07) is 21.1. The van der Waals surface area contributed by atoms with E-state index in [4.69, 9.17) is 0 Å². The van der Waals surface area contributed by atoms with Crippen molar-refractivity contribution >= 4 is 11.1 Å². The van der Waals surface area contributed by atoms with Gasteiger partial charge in [0, 0.05) is 0 Å². The summed E-state index contributed by atoms with van der Waals surface area (Å²) in [6.07, 6.45) is 9.95. The molecule has 2 aromatic rings. The average molecular weight is 335 g/mol. The highest BCUT2D eigenvalue weighted by molar-refractivity contribution is 5.83. The Morgan fingerprint density at radius 1 is 0.480 bits per heavy atom. The normalized spacial score (nSPS) is 11.8. The minimum atomic E-state index is 0.974. The molecule has 0 atom stereocenters. The summed E-state index contributed by atoms with van der Waals surface area (Å²) >= 11 is 0. The quantitative estimate of drug-likeness (QED) is 0.519. The van der Waals surface area contributed by atoms with Gasteiger partial charge < -0.3 is 0 Å². The summed E-state index contributed by atoms with van der Waals surface area (Å²) < 4.78 is 0. The smallest absolute Gasteiger partial charge is 0.0151 e. The number of hydrogen-bond acceptors (Lipinski definition) is 0. The molecule has 1 aliphatic carbocycles. The number of benzene rings is 2. The van der Waals surface area contributed by atoms with Crippen molar-refractivity contribution in [1.29, 1.82) is 0 Å². The molecule has 0 nitrogen and oxygen atoms in total. The van der Waals surface area contributed by atoms with Crippen molar-refractivity contribution in [1.82, 2.24) is 0 Å². The van der Waals surface area contributed by atoms with Gasteiger partial charge in [0.2, 0.25) is 0 Å². The average Bonchev–Trinajstić information content (AvgIpc) is 3.00. The van der Waals surface area contributed by atoms with Gasteiger partial charge in [0.05, 0.1) is 0 Å². The van der Waals surface area contributed by atoms with E-state index < -0.39 is 0 Å². The molecule has 134 valence electrons. The van der Waals surface area contributed by atoms with E-state index in [0.29, 0.717) is 0 Å². The lowest BCUT2D eigenvalue weighted by Crippen LogP contribution is -1.79. The molecule has 25 heavy (non-hydrogen) atoms. The third-order valence-corrected chi connectivity index (χ3v) is 3.33. The zero-order valence-electron chi connectivity index (χ0n) is 16.8. The molecule has 0 radical (unpaired) electrons. The van der Waals surface area contributed by atoms with Crippen molar-refractivity contribution in [2.75, 3.05) is 0 Å². The third kappa shape index (κ3) is 7.85. The number of hydrogen-bond donors (Lipinski definition) is 0. The van der Waals surface area contributed by atoms with E-state index in [1.807, 2.05) is 41.5 Å². The summed E-state index contributed by atoms with van der Waals surface area (Å²) in [7, 11) is 0. The first-order chi connectivity index (χ1) is 12.4. The molecule has 3 rings (SSSR count). The molecule has 2 aromatic carbocycles. The van der Waals surface area contributed by atoms with Crippen LogP contribution in [-0.2, 0) is 0 Å². The molecule has 0 fully saturated rings. The van der Waals surface area contributed by atoms with Gasteiger partial charge in [-0.2, -0.15) is 0 Å². The molecule has 0 amide bonds. The molecular weight excluding hydrogens is 300 g/mol. The molecule has 0 bridgehead atoms. The van der Waals surface area contributed by atoms with E-state index in [9.17, 15) is 0 Å². The molecule has 0 aromatic heterocycles. The summed E-state index contributed by atoms with van der Waals surface area (Å²) in [6.45, 7) is 12.0. The van der Waals surface area contributed by atoms with Crippen molar-refractivity contribution in [2.45, 2.75) is 48.0 Å². The number of allylic oxidation sites excluding steroid dienone is 6. The van der Waals surface area contributed by atoms with Crippen LogP contribution in [0.3, 0.4) is 0 Å². The second kappa shape index (κ2) is 15.2. The van der Waals surface area contributed by atoms with Gasteiger partial charge >= 0.3 is 0 Å². The minimum absolute atomic E-state index is 0.974. The highest BCUT2D eigenvalue weighted by Gasteiger charge is 2.02. The summed E-state index contributed by atoms with van der Waals surface area (Å²) in [5.41, 5.74) is 5.15. The van der Waals surface area contributed by atoms with Crippen LogP contribution in [0, 0.1) is 0 Å². The van der Waals surface area contributed by atoms with Gasteiger partial charge in [-0.3, -0.25) is 0 Å². The van der Waals surface area contributed by atoms with Gasteiger partial charge in [0.15, 0.2) is 0 Å². The predicted molar refractivity (Wildman–Crippen MR) is 117 cm³/mol. The predicted octanol–water partition coefficient (Wildman–Crippen LogP) is 8.19. The molecule has 0 spiro atoms. The van der Waals surface area contributed by atoms with Crippen LogP contribution >= 0.6 is 0 Å². The summed E-state index contributed by atoms with van der Waals surface area (Å²) in [5, 5.41) is 0. The van der Waals surface area contributed by atoms with E-state index in [2.05, 4.69) is 85.0 Å². The molecule has 0 heteroatoms. The Bertz CT molecular complexity index is 571. The van der Waals surface area contributed by atoms with E-state index >= 15 is 0 Å². The van der Waals surface area contributed by atoms with Crippen molar-refractivity contribution < 1.29 is 0 Å². The fourth-order valence-electron chi connectivity index (χ4n) is 2.32. The largest absolute Gasteiger partial charge is 0.0728 e. The van der Waals surface area contributed by atoms with E-state index in [-0.39, 0.29) is 0 Å². The van der Waals surface area contributed by atoms with E-state index in [0.717, 1.165) is 6.42 Å². The summed E-state index contributed by atoms with van der Waals surface area (Å²) in [5.74, 6) is 0. The zero-order valence-corrected chi connectivity index (χ0v) is 16.8. The first kappa shape index (κ1) is 22.7. The third-order valence-electron chi connectivity index (χ3n) is 3.33. The Balaban J connectivity index is 0.000000871. The highest BCUT2D eigenvalue weighted by Crippen LogP contribution is 2.24. The van der Waals surface area contributed by atoms with E-state index in [1.165, 1.54) is 22.3 Å². The van der Waals surface area contributed by atoms with Gasteiger partial charge in [0.25, 0.3) is 0 Å². The fourth-order valence-corrected chi connectivity index (χ4v) is 2.32. The molecule has 0 unspecified atom stereocenters. The number of rotatable bonds is 2. The lowest BCUT2D eigenvalue weighted by Gasteiger charge is -2.01. The Morgan fingerprint density at radius 3 is 1.12 bits per heavy atom. The second-order valence-corrected chi connectivity index (χ2v) is 4.62. The van der Waals surface area contributed by atoms with Crippen LogP contribution in [0.4, 0.5) is 0 Å². The van der Waals surface area contributed by atoms with Crippen LogP contribution in [0.15, 0.2) is 85.0 Å². The standard InChI is InChI=1S/C19H16.3C2H6/c1-3-8-16(9-4-1)18-12-7-13-19(15-14-18)17-10-5-2-6-11-17;3*1-2/h1-6,8-15H,7H2;3*1-2H3. The van der Waals surface area contributed by atoms with Crippen LogP contribution in [0.1, 0.15) is 59.1 Å². The molecule has 0 aliphatic heterocycles. The molecule has 0 heterocycles. The molecule has 0 saturated carbocycles. The van der Waals surface area contributed by atoms with Crippen molar-refractivity contribution in [3.8, 4) is 0 Å². The fraction of sp³-hybridized carbons (Fsp3) is 0.280. The van der Waals surface area contributed by atoms with Crippen LogP contribution in [-0.4, -0.2) is 0 Å². The monoisotopic (exact) mass is 334 g/mol. The van der Waals surface area contributed by atoms with Crippen molar-refractivity contribution in [3.63, 3.8) is 0 Å². The first-order valence-electron chi connectivity index (χ1n) is 9.63. The highest BCUT2D eigenvalue weighted by atomic mass is 14.1. The Labute approximate surface area is 155 Å². The summed E-state index contributed by atoms with van der Waals surface area (Å²) in [4.78, 5) is 0. The van der Waals surface area contributed by atoms with Crippen LogP contribution in [0.25, 0.3) is 11.1 Å². The maximum atomic E-state index is 2.28. The lowest BCUT2D eigenvalue weighted by molar-refractivity contribution is 1.40. The van der Waals surface area contributed by atoms with Crippen LogP contribution < -0.4 is 0 Å². The van der Waals surface area contributed by atoms with Gasteiger partial charge in [0.1, 0.15) is 0 Å². The van der Waals surface area contributed by atoms with E-state index in [1.54, 1.807) is 0 Å². The van der Waals surface area contributed by atoms with Crippen LogP contribution in [0.5, 0.6) is 0 Å². The Hall–Kier alpha value is -2.34. The molecule has 1 aliphatic rings. The van der Waals surface area contributed by atoms with Gasteiger partial charge in [-0.15, -0.1) is 0 Å². The topological polar surface area (TPSA) is 0 Å². The molecule has 0 N–H and O–H groups in total. The van der Waals surface area contributed by atoms with Gasteiger partial charge in [-0.1, -0.05) is 127 Å². The SMILES string of the molecule is C1=CC(c2ccccc2)=CCC=C1c1ccccc1.CC.CC.CC. The molecule has 0 saturated heterocycles. The maximum Gasteiger partial charge on any atom is -0.0151 e.